The van der Waals surface area contributed by atoms with Crippen molar-refractivity contribution in [3.05, 3.63) is 113 Å². The standard InChI is InChI=1S/C30H28F4N2O4S/c1-19(40-18-21-7-5-4-6-8-21)15-24-17-26(29(37)35-23-10-12-25(13-11-23)41(3,38)39)20(2)36(24)28-14-9-22(31)16-27(28)30(32,33)34/h4-14,16-17,19H,15,18H2,1-3H3,(H,35,37)/t19-/m0/s1. The van der Waals surface area contributed by atoms with Crippen LogP contribution >= 0.6 is 0 Å². The summed E-state index contributed by atoms with van der Waals surface area (Å²) in [5.74, 6) is -1.65. The molecule has 0 saturated heterocycles. The lowest BCUT2D eigenvalue weighted by Crippen LogP contribution is -2.18. The van der Waals surface area contributed by atoms with Crippen molar-refractivity contribution in [2.24, 2.45) is 0 Å². The molecule has 0 saturated carbocycles. The van der Waals surface area contributed by atoms with Crippen molar-refractivity contribution in [1.82, 2.24) is 4.57 Å². The van der Waals surface area contributed by atoms with Gasteiger partial charge in [0, 0.05) is 29.8 Å². The van der Waals surface area contributed by atoms with Crippen LogP contribution in [0.25, 0.3) is 5.69 Å². The molecule has 0 radical (unpaired) electrons. The van der Waals surface area contributed by atoms with Gasteiger partial charge < -0.3 is 14.6 Å². The van der Waals surface area contributed by atoms with Crippen molar-refractivity contribution >= 4 is 21.4 Å². The van der Waals surface area contributed by atoms with Gasteiger partial charge in [-0.15, -0.1) is 0 Å². The molecule has 216 valence electrons. The number of aromatic nitrogens is 1. The average molecular weight is 589 g/mol. The summed E-state index contributed by atoms with van der Waals surface area (Å²) in [6.07, 6.45) is -4.09. The average Bonchev–Trinajstić information content (AvgIpc) is 3.22. The maximum atomic E-state index is 14.0. The van der Waals surface area contributed by atoms with Gasteiger partial charge in [0.1, 0.15) is 5.82 Å². The molecule has 3 aromatic carbocycles. The Hall–Kier alpha value is -3.96. The molecule has 11 heteroatoms. The van der Waals surface area contributed by atoms with Crippen LogP contribution in [0.2, 0.25) is 0 Å². The Kier molecular flexibility index (Phi) is 8.69. The molecule has 0 aliphatic carbocycles. The van der Waals surface area contributed by atoms with Gasteiger partial charge in [-0.25, -0.2) is 12.8 Å². The topological polar surface area (TPSA) is 77.4 Å². The quantitative estimate of drug-likeness (QED) is 0.220. The third-order valence-corrected chi connectivity index (χ3v) is 7.62. The van der Waals surface area contributed by atoms with E-state index in [1.165, 1.54) is 41.8 Å². The zero-order valence-corrected chi connectivity index (χ0v) is 23.3. The van der Waals surface area contributed by atoms with Gasteiger partial charge in [-0.3, -0.25) is 4.79 Å². The number of amides is 1. The molecule has 0 fully saturated rings. The second kappa shape index (κ2) is 11.9. The third-order valence-electron chi connectivity index (χ3n) is 6.49. The maximum absolute atomic E-state index is 14.0. The lowest BCUT2D eigenvalue weighted by molar-refractivity contribution is -0.137. The summed E-state index contributed by atoms with van der Waals surface area (Å²) < 4.78 is 86.6. The summed E-state index contributed by atoms with van der Waals surface area (Å²) in [6.45, 7) is 3.56. The van der Waals surface area contributed by atoms with Crippen LogP contribution in [0.3, 0.4) is 0 Å². The summed E-state index contributed by atoms with van der Waals surface area (Å²) in [7, 11) is -3.44. The van der Waals surface area contributed by atoms with Crippen LogP contribution in [-0.4, -0.2) is 31.3 Å². The number of benzene rings is 3. The highest BCUT2D eigenvalue weighted by atomic mass is 32.2. The van der Waals surface area contributed by atoms with E-state index >= 15 is 0 Å². The van der Waals surface area contributed by atoms with Crippen LogP contribution in [-0.2, 0) is 33.8 Å². The van der Waals surface area contributed by atoms with E-state index in [1.54, 1.807) is 6.92 Å². The van der Waals surface area contributed by atoms with E-state index in [4.69, 9.17) is 4.74 Å². The van der Waals surface area contributed by atoms with Gasteiger partial charge in [-0.05, 0) is 67.9 Å². The number of nitrogens with one attached hydrogen (secondary N) is 1. The van der Waals surface area contributed by atoms with Gasteiger partial charge in [0.15, 0.2) is 9.84 Å². The Morgan fingerprint density at radius 1 is 1.00 bits per heavy atom. The van der Waals surface area contributed by atoms with Crippen molar-refractivity contribution in [1.29, 1.82) is 0 Å². The molecule has 0 bridgehead atoms. The zero-order valence-electron chi connectivity index (χ0n) is 22.5. The van der Waals surface area contributed by atoms with E-state index in [-0.39, 0.29) is 34.9 Å². The molecule has 1 aromatic heterocycles. The number of hydrogen-bond acceptors (Lipinski definition) is 4. The van der Waals surface area contributed by atoms with Crippen LogP contribution in [0.1, 0.15) is 39.8 Å². The molecule has 41 heavy (non-hydrogen) atoms. The molecule has 0 aliphatic heterocycles. The Bertz CT molecular complexity index is 1650. The van der Waals surface area contributed by atoms with Crippen molar-refractivity contribution in [2.75, 3.05) is 11.6 Å². The highest BCUT2D eigenvalue weighted by Gasteiger charge is 2.36. The van der Waals surface area contributed by atoms with Gasteiger partial charge in [0.2, 0.25) is 0 Å². The van der Waals surface area contributed by atoms with E-state index in [1.807, 2.05) is 30.3 Å². The van der Waals surface area contributed by atoms with E-state index < -0.39 is 39.4 Å². The number of hydrogen-bond donors (Lipinski definition) is 1. The number of nitrogens with zero attached hydrogens (tertiary/aromatic N) is 1. The Morgan fingerprint density at radius 3 is 2.27 bits per heavy atom. The normalized spacial score (nSPS) is 12.8. The molecule has 1 N–H and O–H groups in total. The predicted octanol–water partition coefficient (Wildman–Crippen LogP) is 6.75. The molecule has 0 unspecified atom stereocenters. The Balaban J connectivity index is 1.71. The van der Waals surface area contributed by atoms with Gasteiger partial charge >= 0.3 is 6.18 Å². The second-order valence-corrected chi connectivity index (χ2v) is 11.7. The van der Waals surface area contributed by atoms with Crippen LogP contribution in [0.5, 0.6) is 0 Å². The first kappa shape index (κ1) is 30.0. The van der Waals surface area contributed by atoms with Gasteiger partial charge in [-0.2, -0.15) is 13.2 Å². The molecule has 0 spiro atoms. The van der Waals surface area contributed by atoms with E-state index in [2.05, 4.69) is 5.32 Å². The summed E-state index contributed by atoms with van der Waals surface area (Å²) in [4.78, 5) is 13.4. The molecule has 1 amide bonds. The number of carbonyl (C=O) groups excluding carboxylic acids is 1. The van der Waals surface area contributed by atoms with Gasteiger partial charge in [-0.1, -0.05) is 30.3 Å². The van der Waals surface area contributed by atoms with Crippen LogP contribution < -0.4 is 5.32 Å². The number of halogens is 4. The maximum Gasteiger partial charge on any atom is 0.418 e. The second-order valence-electron chi connectivity index (χ2n) is 9.69. The van der Waals surface area contributed by atoms with Gasteiger partial charge in [0.25, 0.3) is 5.91 Å². The minimum Gasteiger partial charge on any atom is -0.373 e. The fourth-order valence-electron chi connectivity index (χ4n) is 4.47. The monoisotopic (exact) mass is 588 g/mol. The number of carbonyl (C=O) groups is 1. The fraction of sp³-hybridized carbons (Fsp3) is 0.233. The van der Waals surface area contributed by atoms with Crippen molar-refractivity contribution in [2.45, 2.75) is 44.1 Å². The lowest BCUT2D eigenvalue weighted by atomic mass is 10.1. The van der Waals surface area contributed by atoms with E-state index in [0.717, 1.165) is 24.0 Å². The molecule has 1 heterocycles. The predicted molar refractivity (Wildman–Crippen MR) is 147 cm³/mol. The SMILES string of the molecule is Cc1c(C(=O)Nc2ccc(S(C)(=O)=O)cc2)cc(C[C@H](C)OCc2ccccc2)n1-c1ccc(F)cc1C(F)(F)F. The number of alkyl halides is 3. The molecule has 1 atom stereocenters. The highest BCUT2D eigenvalue weighted by molar-refractivity contribution is 7.90. The lowest BCUT2D eigenvalue weighted by Gasteiger charge is -2.20. The van der Waals surface area contributed by atoms with E-state index in [9.17, 15) is 30.8 Å². The summed E-state index contributed by atoms with van der Waals surface area (Å²) in [5.41, 5.74) is 0.381. The smallest absolute Gasteiger partial charge is 0.373 e. The summed E-state index contributed by atoms with van der Waals surface area (Å²) >= 11 is 0. The van der Waals surface area contributed by atoms with E-state index in [0.29, 0.717) is 17.4 Å². The van der Waals surface area contributed by atoms with Crippen LogP contribution in [0.15, 0.2) is 83.8 Å². The Morgan fingerprint density at radius 2 is 1.66 bits per heavy atom. The largest absolute Gasteiger partial charge is 0.418 e. The van der Waals surface area contributed by atoms with Crippen molar-refractivity contribution < 1.29 is 35.5 Å². The molecule has 6 nitrogen and oxygen atoms in total. The van der Waals surface area contributed by atoms with Crippen molar-refractivity contribution in [3.63, 3.8) is 0 Å². The fourth-order valence-corrected chi connectivity index (χ4v) is 5.10. The molecular formula is C30H28F4N2O4S. The van der Waals surface area contributed by atoms with Gasteiger partial charge in [0.05, 0.1) is 34.4 Å². The first-order valence-electron chi connectivity index (χ1n) is 12.6. The number of sulfone groups is 1. The first-order chi connectivity index (χ1) is 19.2. The minimum absolute atomic E-state index is 0.0700. The number of anilines is 1. The third kappa shape index (κ3) is 7.22. The molecule has 4 aromatic rings. The molecule has 0 aliphatic rings. The first-order valence-corrected chi connectivity index (χ1v) is 14.5. The number of rotatable bonds is 9. The Labute approximate surface area is 235 Å². The molecule has 4 rings (SSSR count). The summed E-state index contributed by atoms with van der Waals surface area (Å²) in [6, 6.07) is 18.8. The van der Waals surface area contributed by atoms with Crippen LogP contribution in [0, 0.1) is 12.7 Å². The number of ether oxygens (including phenoxy) is 1. The minimum atomic E-state index is -4.86. The van der Waals surface area contributed by atoms with Crippen LogP contribution in [0.4, 0.5) is 23.2 Å². The summed E-state index contributed by atoms with van der Waals surface area (Å²) in [5, 5.41) is 2.66. The highest BCUT2D eigenvalue weighted by Crippen LogP contribution is 2.36. The zero-order chi connectivity index (χ0) is 29.9. The van der Waals surface area contributed by atoms with Crippen molar-refractivity contribution in [3.8, 4) is 5.69 Å². The molecular weight excluding hydrogens is 560 g/mol.